The van der Waals surface area contributed by atoms with Crippen LogP contribution in [0, 0.1) is 13.8 Å². The van der Waals surface area contributed by atoms with Crippen molar-refractivity contribution in [2.75, 3.05) is 17.2 Å². The lowest BCUT2D eigenvalue weighted by Crippen LogP contribution is -2.32. The van der Waals surface area contributed by atoms with Crippen molar-refractivity contribution in [1.82, 2.24) is 9.97 Å². The predicted molar refractivity (Wildman–Crippen MR) is 86.7 cm³/mol. The van der Waals surface area contributed by atoms with E-state index in [1.54, 1.807) is 4.90 Å². The summed E-state index contributed by atoms with van der Waals surface area (Å²) in [6.07, 6.45) is 0. The number of carbonyl (C=O) groups excluding carboxylic acids is 1. The average Bonchev–Trinajstić information content (AvgIpc) is 2.46. The smallest absolute Gasteiger partial charge is 0.237 e. The maximum atomic E-state index is 12.4. The van der Waals surface area contributed by atoms with E-state index in [-0.39, 0.29) is 5.91 Å². The number of anilines is 1. The molecule has 0 saturated heterocycles. The molecule has 1 heterocycles. The van der Waals surface area contributed by atoms with Gasteiger partial charge in [0.2, 0.25) is 5.91 Å². The number of benzene rings is 1. The third-order valence-corrected chi connectivity index (χ3v) is 3.80. The maximum Gasteiger partial charge on any atom is 0.237 e. The standard InChI is InChI=1S/C16H19N3OS/c1-4-19(14-8-6-5-7-9-14)15(20)11-21-16-17-12(2)10-13(3)18-16/h5-10H,4,11H2,1-3H3. The highest BCUT2D eigenvalue weighted by molar-refractivity contribution is 7.99. The van der Waals surface area contributed by atoms with E-state index in [0.29, 0.717) is 17.5 Å². The molecule has 0 unspecified atom stereocenters. The SMILES string of the molecule is CCN(C(=O)CSc1nc(C)cc(C)n1)c1ccccc1. The minimum Gasteiger partial charge on any atom is -0.312 e. The van der Waals surface area contributed by atoms with Gasteiger partial charge in [-0.15, -0.1) is 0 Å². The van der Waals surface area contributed by atoms with Gasteiger partial charge in [-0.3, -0.25) is 4.79 Å². The molecule has 4 nitrogen and oxygen atoms in total. The lowest BCUT2D eigenvalue weighted by molar-refractivity contribution is -0.116. The zero-order chi connectivity index (χ0) is 15.2. The molecular formula is C16H19N3OS. The molecule has 0 N–H and O–H groups in total. The quantitative estimate of drug-likeness (QED) is 0.628. The third kappa shape index (κ3) is 4.29. The predicted octanol–water partition coefficient (Wildman–Crippen LogP) is 3.24. The number of hydrogen-bond donors (Lipinski definition) is 0. The molecule has 0 aliphatic heterocycles. The number of hydrogen-bond acceptors (Lipinski definition) is 4. The first kappa shape index (κ1) is 15.5. The summed E-state index contributed by atoms with van der Waals surface area (Å²) in [6, 6.07) is 11.6. The zero-order valence-corrected chi connectivity index (χ0v) is 13.4. The van der Waals surface area contributed by atoms with E-state index in [1.165, 1.54) is 11.8 Å². The Bertz CT molecular complexity index is 596. The molecule has 0 spiro atoms. The number of amides is 1. The maximum absolute atomic E-state index is 12.4. The van der Waals surface area contributed by atoms with Gasteiger partial charge in [-0.05, 0) is 39.0 Å². The van der Waals surface area contributed by atoms with Crippen molar-refractivity contribution in [1.29, 1.82) is 0 Å². The second kappa shape index (κ2) is 7.22. The van der Waals surface area contributed by atoms with Crippen molar-refractivity contribution in [3.8, 4) is 0 Å². The minimum absolute atomic E-state index is 0.0662. The Morgan fingerprint density at radius 3 is 2.33 bits per heavy atom. The highest BCUT2D eigenvalue weighted by atomic mass is 32.2. The van der Waals surface area contributed by atoms with Crippen LogP contribution in [0.5, 0.6) is 0 Å². The van der Waals surface area contributed by atoms with Gasteiger partial charge in [0.25, 0.3) is 0 Å². The van der Waals surface area contributed by atoms with Crippen LogP contribution in [0.2, 0.25) is 0 Å². The van der Waals surface area contributed by atoms with E-state index in [1.807, 2.05) is 57.2 Å². The topological polar surface area (TPSA) is 46.1 Å². The van der Waals surface area contributed by atoms with Crippen molar-refractivity contribution in [3.63, 3.8) is 0 Å². The number of aromatic nitrogens is 2. The van der Waals surface area contributed by atoms with E-state index in [0.717, 1.165) is 17.1 Å². The second-order valence-corrected chi connectivity index (χ2v) is 5.64. The van der Waals surface area contributed by atoms with Gasteiger partial charge < -0.3 is 4.90 Å². The molecule has 0 aliphatic carbocycles. The number of para-hydroxylation sites is 1. The summed E-state index contributed by atoms with van der Waals surface area (Å²) < 4.78 is 0. The van der Waals surface area contributed by atoms with Crippen molar-refractivity contribution in [2.24, 2.45) is 0 Å². The Morgan fingerprint density at radius 1 is 1.14 bits per heavy atom. The number of carbonyl (C=O) groups is 1. The molecule has 21 heavy (non-hydrogen) atoms. The van der Waals surface area contributed by atoms with E-state index >= 15 is 0 Å². The van der Waals surface area contributed by atoms with Crippen LogP contribution < -0.4 is 4.90 Å². The second-order valence-electron chi connectivity index (χ2n) is 4.70. The van der Waals surface area contributed by atoms with Gasteiger partial charge in [-0.1, -0.05) is 30.0 Å². The lowest BCUT2D eigenvalue weighted by Gasteiger charge is -2.20. The summed E-state index contributed by atoms with van der Waals surface area (Å²) >= 11 is 1.38. The Kier molecular flexibility index (Phi) is 5.33. The largest absolute Gasteiger partial charge is 0.312 e. The molecule has 0 radical (unpaired) electrons. The lowest BCUT2D eigenvalue weighted by atomic mass is 10.3. The molecule has 0 bridgehead atoms. The first-order valence-corrected chi connectivity index (χ1v) is 7.89. The summed E-state index contributed by atoms with van der Waals surface area (Å²) in [6.45, 7) is 6.49. The van der Waals surface area contributed by atoms with Crippen LogP contribution >= 0.6 is 11.8 Å². The molecule has 0 fully saturated rings. The first-order valence-electron chi connectivity index (χ1n) is 6.90. The molecular weight excluding hydrogens is 282 g/mol. The van der Waals surface area contributed by atoms with Gasteiger partial charge in [0, 0.05) is 23.6 Å². The minimum atomic E-state index is 0.0662. The van der Waals surface area contributed by atoms with Crippen LogP contribution in [0.1, 0.15) is 18.3 Å². The number of nitrogens with zero attached hydrogens (tertiary/aromatic N) is 3. The molecule has 1 amide bonds. The number of thioether (sulfide) groups is 1. The highest BCUT2D eigenvalue weighted by Gasteiger charge is 2.14. The summed E-state index contributed by atoms with van der Waals surface area (Å²) in [5, 5.41) is 0.657. The number of aryl methyl sites for hydroxylation is 2. The summed E-state index contributed by atoms with van der Waals surface area (Å²) in [4.78, 5) is 22.8. The van der Waals surface area contributed by atoms with Gasteiger partial charge in [-0.2, -0.15) is 0 Å². The summed E-state index contributed by atoms with van der Waals surface area (Å²) in [5.41, 5.74) is 2.77. The summed E-state index contributed by atoms with van der Waals surface area (Å²) in [5.74, 6) is 0.405. The van der Waals surface area contributed by atoms with Crippen LogP contribution in [-0.2, 0) is 4.79 Å². The van der Waals surface area contributed by atoms with Crippen molar-refractivity contribution in [2.45, 2.75) is 25.9 Å². The van der Waals surface area contributed by atoms with Gasteiger partial charge in [0.1, 0.15) is 0 Å². The van der Waals surface area contributed by atoms with Gasteiger partial charge >= 0.3 is 0 Å². The normalized spacial score (nSPS) is 10.4. The van der Waals surface area contributed by atoms with Crippen LogP contribution in [0.3, 0.4) is 0 Å². The van der Waals surface area contributed by atoms with Gasteiger partial charge in [0.15, 0.2) is 5.16 Å². The molecule has 5 heteroatoms. The Labute approximate surface area is 129 Å². The molecule has 0 saturated carbocycles. The van der Waals surface area contributed by atoms with E-state index < -0.39 is 0 Å². The van der Waals surface area contributed by atoms with Crippen LogP contribution in [-0.4, -0.2) is 28.2 Å². The monoisotopic (exact) mass is 301 g/mol. The first-order chi connectivity index (χ1) is 10.1. The van der Waals surface area contributed by atoms with E-state index in [2.05, 4.69) is 9.97 Å². The average molecular weight is 301 g/mol. The van der Waals surface area contributed by atoms with Crippen LogP contribution in [0.15, 0.2) is 41.6 Å². The molecule has 0 atom stereocenters. The third-order valence-electron chi connectivity index (χ3n) is 2.97. The highest BCUT2D eigenvalue weighted by Crippen LogP contribution is 2.18. The van der Waals surface area contributed by atoms with Crippen molar-refractivity contribution < 1.29 is 4.79 Å². The van der Waals surface area contributed by atoms with Crippen molar-refractivity contribution in [3.05, 3.63) is 47.8 Å². The summed E-state index contributed by atoms with van der Waals surface area (Å²) in [7, 11) is 0. The molecule has 0 aliphatic rings. The van der Waals surface area contributed by atoms with E-state index in [9.17, 15) is 4.79 Å². The van der Waals surface area contributed by atoms with Gasteiger partial charge in [0.05, 0.1) is 5.75 Å². The fraction of sp³-hybridized carbons (Fsp3) is 0.312. The molecule has 1 aromatic heterocycles. The van der Waals surface area contributed by atoms with Crippen LogP contribution in [0.25, 0.3) is 0 Å². The molecule has 1 aromatic carbocycles. The van der Waals surface area contributed by atoms with Gasteiger partial charge in [-0.25, -0.2) is 9.97 Å². The fourth-order valence-corrected chi connectivity index (χ4v) is 2.90. The van der Waals surface area contributed by atoms with Crippen LogP contribution in [0.4, 0.5) is 5.69 Å². The fourth-order valence-electron chi connectivity index (χ4n) is 2.07. The zero-order valence-electron chi connectivity index (χ0n) is 12.5. The number of rotatable bonds is 5. The molecule has 2 aromatic rings. The molecule has 2 rings (SSSR count). The Morgan fingerprint density at radius 2 is 1.76 bits per heavy atom. The molecule has 110 valence electrons. The van der Waals surface area contributed by atoms with E-state index in [4.69, 9.17) is 0 Å². The van der Waals surface area contributed by atoms with Crippen molar-refractivity contribution >= 4 is 23.4 Å². The Balaban J connectivity index is 2.03. The Hall–Kier alpha value is -1.88.